The molecule has 2 rings (SSSR count). The number of aromatic amines is 1. The van der Waals surface area contributed by atoms with Gasteiger partial charge in [0.2, 0.25) is 0 Å². The number of nitrogens with one attached hydrogen (secondary N) is 1. The Morgan fingerprint density at radius 3 is 2.73 bits per heavy atom. The number of hydrogen-bond acceptors (Lipinski definition) is 6. The molecule has 0 unspecified atom stereocenters. The molecule has 1 aromatic heterocycles. The van der Waals surface area contributed by atoms with Crippen LogP contribution in [-0.2, 0) is 15.8 Å². The van der Waals surface area contributed by atoms with Gasteiger partial charge in [-0.1, -0.05) is 5.06 Å². The van der Waals surface area contributed by atoms with E-state index in [9.17, 15) is 22.8 Å². The Hall–Kier alpha value is -2.69. The molecule has 1 amide bonds. The summed E-state index contributed by atoms with van der Waals surface area (Å²) < 4.78 is 47.9. The number of halogens is 3. The van der Waals surface area contributed by atoms with E-state index in [-0.39, 0.29) is 6.73 Å². The minimum atomic E-state index is -4.82. The zero-order valence-electron chi connectivity index (χ0n) is 10.8. The number of pyridine rings is 1. The standard InChI is InChI=1S/C11H10F3N3O5/c12-11(13,14)7-3-6(8(9(15)18)10(19)16-7)21-5-17-4-20-1-2-22-17/h1-3H,4-5H2,(H2,15,18)(H,16,19). The first-order chi connectivity index (χ1) is 10.3. The molecule has 1 aliphatic rings. The molecule has 3 N–H and O–H groups in total. The number of carbonyl (C=O) groups is 1. The lowest BCUT2D eigenvalue weighted by Gasteiger charge is -2.23. The van der Waals surface area contributed by atoms with E-state index in [1.165, 1.54) is 17.5 Å². The van der Waals surface area contributed by atoms with E-state index in [2.05, 4.69) is 0 Å². The van der Waals surface area contributed by atoms with Crippen molar-refractivity contribution >= 4 is 5.91 Å². The third-order valence-corrected chi connectivity index (χ3v) is 2.49. The van der Waals surface area contributed by atoms with Crippen LogP contribution in [0, 0.1) is 0 Å². The number of hydroxylamine groups is 2. The first-order valence-corrected chi connectivity index (χ1v) is 5.74. The Balaban J connectivity index is 2.30. The maximum absolute atomic E-state index is 12.7. The fraction of sp³-hybridized carbons (Fsp3) is 0.273. The molecule has 0 bridgehead atoms. The van der Waals surface area contributed by atoms with Crippen molar-refractivity contribution in [3.8, 4) is 5.75 Å². The summed E-state index contributed by atoms with van der Waals surface area (Å²) in [6.07, 6.45) is -2.40. The first-order valence-electron chi connectivity index (χ1n) is 5.74. The second-order valence-electron chi connectivity index (χ2n) is 4.04. The fourth-order valence-electron chi connectivity index (χ4n) is 1.55. The van der Waals surface area contributed by atoms with E-state index in [0.717, 1.165) is 5.06 Å². The van der Waals surface area contributed by atoms with Crippen LogP contribution >= 0.6 is 0 Å². The van der Waals surface area contributed by atoms with Crippen LogP contribution in [0.3, 0.4) is 0 Å². The van der Waals surface area contributed by atoms with Crippen LogP contribution in [0.15, 0.2) is 23.4 Å². The Morgan fingerprint density at radius 1 is 1.45 bits per heavy atom. The molecule has 120 valence electrons. The van der Waals surface area contributed by atoms with Gasteiger partial charge in [-0.3, -0.25) is 9.59 Å². The van der Waals surface area contributed by atoms with Gasteiger partial charge >= 0.3 is 6.18 Å². The summed E-state index contributed by atoms with van der Waals surface area (Å²) in [5.41, 5.74) is 1.60. The van der Waals surface area contributed by atoms with Gasteiger partial charge in [-0.05, 0) is 0 Å². The summed E-state index contributed by atoms with van der Waals surface area (Å²) in [5, 5.41) is 1.08. The Labute approximate surface area is 120 Å². The number of rotatable bonds is 4. The third-order valence-electron chi connectivity index (χ3n) is 2.49. The number of hydrogen-bond donors (Lipinski definition) is 2. The van der Waals surface area contributed by atoms with E-state index in [0.29, 0.717) is 6.07 Å². The van der Waals surface area contributed by atoms with Crippen LogP contribution in [0.2, 0.25) is 0 Å². The molecule has 1 aromatic rings. The number of nitrogens with zero attached hydrogens (tertiary/aromatic N) is 1. The van der Waals surface area contributed by atoms with Gasteiger partial charge in [0.05, 0.1) is 0 Å². The molecular weight excluding hydrogens is 311 g/mol. The van der Waals surface area contributed by atoms with E-state index >= 15 is 0 Å². The Morgan fingerprint density at radius 2 is 2.18 bits per heavy atom. The molecule has 0 radical (unpaired) electrons. The molecule has 0 spiro atoms. The molecule has 0 fully saturated rings. The maximum Gasteiger partial charge on any atom is 0.431 e. The molecular formula is C11H10F3N3O5. The van der Waals surface area contributed by atoms with Gasteiger partial charge in [0.25, 0.3) is 11.5 Å². The number of alkyl halides is 3. The summed E-state index contributed by atoms with van der Waals surface area (Å²) in [4.78, 5) is 29.2. The molecule has 0 aromatic carbocycles. The van der Waals surface area contributed by atoms with Crippen LogP contribution in [0.5, 0.6) is 5.75 Å². The first kappa shape index (κ1) is 15.7. The van der Waals surface area contributed by atoms with Gasteiger partial charge in [0.15, 0.2) is 13.5 Å². The lowest BCUT2D eigenvalue weighted by Crippen LogP contribution is -2.32. The number of carbonyl (C=O) groups excluding carboxylic acids is 1. The summed E-state index contributed by atoms with van der Waals surface area (Å²) in [7, 11) is 0. The predicted octanol–water partition coefficient (Wildman–Crippen LogP) is 0.521. The molecule has 11 heteroatoms. The van der Waals surface area contributed by atoms with Crippen molar-refractivity contribution < 1.29 is 32.3 Å². The largest absolute Gasteiger partial charge is 0.479 e. The van der Waals surface area contributed by atoms with Gasteiger partial charge in [-0.25, -0.2) is 0 Å². The van der Waals surface area contributed by atoms with Crippen molar-refractivity contribution in [3.05, 3.63) is 40.2 Å². The average molecular weight is 321 g/mol. The van der Waals surface area contributed by atoms with Crippen molar-refractivity contribution in [3.63, 3.8) is 0 Å². The summed E-state index contributed by atoms with van der Waals surface area (Å²) >= 11 is 0. The summed E-state index contributed by atoms with van der Waals surface area (Å²) in [6.45, 7) is -0.455. The number of H-pyrrole nitrogens is 1. The van der Waals surface area contributed by atoms with Gasteiger partial charge in [0.1, 0.15) is 29.5 Å². The molecule has 0 saturated heterocycles. The zero-order chi connectivity index (χ0) is 16.3. The molecule has 0 saturated carbocycles. The number of aromatic nitrogens is 1. The molecule has 8 nitrogen and oxygen atoms in total. The van der Waals surface area contributed by atoms with E-state index in [4.69, 9.17) is 20.0 Å². The topological polar surface area (TPSA) is 107 Å². The highest BCUT2D eigenvalue weighted by atomic mass is 19.4. The second kappa shape index (κ2) is 5.97. The van der Waals surface area contributed by atoms with E-state index < -0.39 is 41.4 Å². The molecule has 2 heterocycles. The highest BCUT2D eigenvalue weighted by molar-refractivity contribution is 5.95. The van der Waals surface area contributed by atoms with Gasteiger partial charge < -0.3 is 25.0 Å². The van der Waals surface area contributed by atoms with Gasteiger partial charge in [-0.2, -0.15) is 13.2 Å². The Bertz CT molecular complexity index is 655. The monoisotopic (exact) mass is 321 g/mol. The van der Waals surface area contributed by atoms with Crippen molar-refractivity contribution in [1.82, 2.24) is 10.0 Å². The number of ether oxygens (including phenoxy) is 2. The Kier molecular flexibility index (Phi) is 4.26. The summed E-state index contributed by atoms with van der Waals surface area (Å²) in [5.74, 6) is -1.83. The normalized spacial score (nSPS) is 15.0. The summed E-state index contributed by atoms with van der Waals surface area (Å²) in [6, 6.07) is 0.474. The highest BCUT2D eigenvalue weighted by Crippen LogP contribution is 2.30. The SMILES string of the molecule is NC(=O)c1c(OCN2COC=CO2)cc(C(F)(F)F)[nH]c1=O. The minimum absolute atomic E-state index is 0.0578. The number of primary amides is 1. The predicted molar refractivity (Wildman–Crippen MR) is 64.1 cm³/mol. The van der Waals surface area contributed by atoms with E-state index in [1.54, 1.807) is 0 Å². The zero-order valence-corrected chi connectivity index (χ0v) is 10.8. The second-order valence-corrected chi connectivity index (χ2v) is 4.04. The maximum atomic E-state index is 12.7. The van der Waals surface area contributed by atoms with Crippen molar-refractivity contribution in [2.24, 2.45) is 5.73 Å². The molecule has 0 atom stereocenters. The quantitative estimate of drug-likeness (QED) is 0.837. The minimum Gasteiger partial charge on any atom is -0.479 e. The molecule has 1 aliphatic heterocycles. The third kappa shape index (κ3) is 3.49. The smallest absolute Gasteiger partial charge is 0.431 e. The number of nitrogens with two attached hydrogens (primary N) is 1. The van der Waals surface area contributed by atoms with Gasteiger partial charge in [-0.15, -0.1) is 0 Å². The van der Waals surface area contributed by atoms with Crippen LogP contribution in [-0.4, -0.2) is 29.4 Å². The average Bonchev–Trinajstić information content (AvgIpc) is 2.44. The van der Waals surface area contributed by atoms with Crippen LogP contribution < -0.4 is 16.0 Å². The van der Waals surface area contributed by atoms with Crippen LogP contribution in [0.4, 0.5) is 13.2 Å². The lowest BCUT2D eigenvalue weighted by molar-refractivity contribution is -0.203. The molecule has 0 aliphatic carbocycles. The van der Waals surface area contributed by atoms with Crippen molar-refractivity contribution in [2.45, 2.75) is 6.18 Å². The van der Waals surface area contributed by atoms with Crippen LogP contribution in [0.25, 0.3) is 0 Å². The van der Waals surface area contributed by atoms with Crippen molar-refractivity contribution in [2.75, 3.05) is 13.5 Å². The van der Waals surface area contributed by atoms with Gasteiger partial charge in [0, 0.05) is 6.07 Å². The number of amides is 1. The highest BCUT2D eigenvalue weighted by Gasteiger charge is 2.34. The van der Waals surface area contributed by atoms with E-state index in [1.807, 2.05) is 0 Å². The fourth-order valence-corrected chi connectivity index (χ4v) is 1.55. The van der Waals surface area contributed by atoms with Crippen molar-refractivity contribution in [1.29, 1.82) is 0 Å². The lowest BCUT2D eigenvalue weighted by atomic mass is 10.2. The van der Waals surface area contributed by atoms with Crippen LogP contribution in [0.1, 0.15) is 16.1 Å². The molecule has 22 heavy (non-hydrogen) atoms.